The number of carbonyl (C=O) groups is 2. The van der Waals surface area contributed by atoms with Crippen molar-refractivity contribution in [2.45, 2.75) is 19.1 Å². The molecule has 7 heteroatoms. The number of nitrogen functional groups attached to an aromatic ring is 1. The molecule has 0 saturated heterocycles. The predicted molar refractivity (Wildman–Crippen MR) is 120 cm³/mol. The second kappa shape index (κ2) is 10.2. The van der Waals surface area contributed by atoms with E-state index in [0.29, 0.717) is 29.8 Å². The van der Waals surface area contributed by atoms with E-state index in [1.807, 2.05) is 42.5 Å². The predicted octanol–water partition coefficient (Wildman–Crippen LogP) is 2.22. The van der Waals surface area contributed by atoms with Gasteiger partial charge in [-0.2, -0.15) is 0 Å². The van der Waals surface area contributed by atoms with Gasteiger partial charge in [0.2, 0.25) is 5.91 Å². The van der Waals surface area contributed by atoms with Crippen LogP contribution in [-0.4, -0.2) is 17.6 Å². The highest BCUT2D eigenvalue weighted by molar-refractivity contribution is 6.01. The standard InChI is InChI=1S/C24H25N5O2/c25-14-16-9-11-17(12-10-16)15-28-24(31)21(18-5-2-1-3-6-18)29-23(30)20-8-4-7-19(13-20)22(26)27/h1-13,21H,14-15,25H2,(H3,26,27)(H,28,31)(H,29,30)/t21-/m0/s1. The van der Waals surface area contributed by atoms with Gasteiger partial charge >= 0.3 is 0 Å². The Kier molecular flexibility index (Phi) is 7.13. The summed E-state index contributed by atoms with van der Waals surface area (Å²) >= 11 is 0. The fourth-order valence-corrected chi connectivity index (χ4v) is 3.07. The molecule has 0 radical (unpaired) electrons. The first-order valence-electron chi connectivity index (χ1n) is 9.84. The quantitative estimate of drug-likeness (QED) is 0.285. The van der Waals surface area contributed by atoms with E-state index >= 15 is 0 Å². The Morgan fingerprint density at radius 2 is 1.52 bits per heavy atom. The summed E-state index contributed by atoms with van der Waals surface area (Å²) < 4.78 is 0. The van der Waals surface area contributed by atoms with E-state index in [1.54, 1.807) is 30.3 Å². The lowest BCUT2D eigenvalue weighted by Gasteiger charge is -2.19. The first-order valence-corrected chi connectivity index (χ1v) is 9.84. The van der Waals surface area contributed by atoms with Crippen LogP contribution in [0.5, 0.6) is 0 Å². The summed E-state index contributed by atoms with van der Waals surface area (Å²) in [5.74, 6) is -0.891. The zero-order valence-electron chi connectivity index (χ0n) is 17.0. The molecule has 0 saturated carbocycles. The number of benzene rings is 3. The van der Waals surface area contributed by atoms with Gasteiger partial charge in [-0.05, 0) is 28.8 Å². The second-order valence-corrected chi connectivity index (χ2v) is 7.05. The topological polar surface area (TPSA) is 134 Å². The number of amides is 2. The minimum absolute atomic E-state index is 0.132. The van der Waals surface area contributed by atoms with Gasteiger partial charge in [0.05, 0.1) is 0 Å². The van der Waals surface area contributed by atoms with Gasteiger partial charge < -0.3 is 22.1 Å². The summed E-state index contributed by atoms with van der Waals surface area (Å²) in [4.78, 5) is 25.8. The van der Waals surface area contributed by atoms with E-state index in [9.17, 15) is 9.59 Å². The van der Waals surface area contributed by atoms with Crippen LogP contribution in [0.2, 0.25) is 0 Å². The van der Waals surface area contributed by atoms with E-state index in [2.05, 4.69) is 10.6 Å². The average Bonchev–Trinajstić information content (AvgIpc) is 2.81. The fraction of sp³-hybridized carbons (Fsp3) is 0.125. The Morgan fingerprint density at radius 1 is 0.871 bits per heavy atom. The number of carbonyl (C=O) groups excluding carboxylic acids is 2. The number of hydrogen-bond donors (Lipinski definition) is 5. The minimum Gasteiger partial charge on any atom is -0.384 e. The summed E-state index contributed by atoms with van der Waals surface area (Å²) in [6, 6.07) is 22.2. The molecule has 1 atom stereocenters. The van der Waals surface area contributed by atoms with Gasteiger partial charge in [0.1, 0.15) is 11.9 Å². The van der Waals surface area contributed by atoms with Crippen molar-refractivity contribution in [2.24, 2.45) is 11.5 Å². The molecule has 2 amide bonds. The van der Waals surface area contributed by atoms with E-state index in [4.69, 9.17) is 16.9 Å². The average molecular weight is 415 g/mol. The molecular formula is C24H25N5O2. The van der Waals surface area contributed by atoms with Crippen molar-refractivity contribution < 1.29 is 9.59 Å². The molecule has 0 fully saturated rings. The maximum absolute atomic E-state index is 13.0. The third-order valence-electron chi connectivity index (χ3n) is 4.83. The van der Waals surface area contributed by atoms with E-state index < -0.39 is 11.9 Å². The van der Waals surface area contributed by atoms with Crippen LogP contribution < -0.4 is 22.1 Å². The molecule has 0 aliphatic rings. The van der Waals surface area contributed by atoms with Crippen LogP contribution in [0.15, 0.2) is 78.9 Å². The number of nitrogens with one attached hydrogen (secondary N) is 3. The molecule has 0 unspecified atom stereocenters. The molecule has 3 rings (SSSR count). The molecule has 0 aliphatic heterocycles. The molecule has 0 spiro atoms. The van der Waals surface area contributed by atoms with Gasteiger partial charge in [-0.1, -0.05) is 66.7 Å². The van der Waals surface area contributed by atoms with E-state index in [1.165, 1.54) is 6.07 Å². The van der Waals surface area contributed by atoms with Gasteiger partial charge in [0, 0.05) is 24.2 Å². The first kappa shape index (κ1) is 21.7. The molecule has 0 heterocycles. The van der Waals surface area contributed by atoms with Gasteiger partial charge in [0.15, 0.2) is 0 Å². The van der Waals surface area contributed by atoms with Crippen molar-refractivity contribution >= 4 is 17.6 Å². The van der Waals surface area contributed by atoms with Crippen LogP contribution >= 0.6 is 0 Å². The highest BCUT2D eigenvalue weighted by Gasteiger charge is 2.23. The Balaban J connectivity index is 1.76. The lowest BCUT2D eigenvalue weighted by atomic mass is 10.0. The van der Waals surface area contributed by atoms with Crippen LogP contribution in [0.1, 0.15) is 38.7 Å². The molecule has 0 aromatic heterocycles. The molecule has 0 aliphatic carbocycles. The zero-order chi connectivity index (χ0) is 22.2. The largest absolute Gasteiger partial charge is 0.384 e. The second-order valence-electron chi connectivity index (χ2n) is 7.05. The van der Waals surface area contributed by atoms with E-state index in [-0.39, 0.29) is 11.7 Å². The number of hydrogen-bond acceptors (Lipinski definition) is 4. The monoisotopic (exact) mass is 415 g/mol. The van der Waals surface area contributed by atoms with Gasteiger partial charge in [0.25, 0.3) is 5.91 Å². The van der Waals surface area contributed by atoms with Crippen LogP contribution in [0, 0.1) is 5.41 Å². The normalized spacial score (nSPS) is 11.4. The lowest BCUT2D eigenvalue weighted by Crippen LogP contribution is -2.40. The smallest absolute Gasteiger partial charge is 0.252 e. The zero-order valence-corrected chi connectivity index (χ0v) is 17.0. The van der Waals surface area contributed by atoms with Gasteiger partial charge in [-0.3, -0.25) is 15.0 Å². The van der Waals surface area contributed by atoms with Crippen molar-refractivity contribution in [1.29, 1.82) is 5.41 Å². The lowest BCUT2D eigenvalue weighted by molar-refractivity contribution is -0.123. The van der Waals surface area contributed by atoms with Crippen molar-refractivity contribution in [3.63, 3.8) is 0 Å². The van der Waals surface area contributed by atoms with E-state index in [0.717, 1.165) is 11.1 Å². The maximum atomic E-state index is 13.0. The van der Waals surface area contributed by atoms with Crippen molar-refractivity contribution in [1.82, 2.24) is 10.6 Å². The third-order valence-corrected chi connectivity index (χ3v) is 4.83. The molecule has 158 valence electrons. The summed E-state index contributed by atoms with van der Waals surface area (Å²) in [7, 11) is 0. The molecule has 0 bridgehead atoms. The van der Waals surface area contributed by atoms with Crippen LogP contribution in [0.4, 0.5) is 0 Å². The maximum Gasteiger partial charge on any atom is 0.252 e. The van der Waals surface area contributed by atoms with Crippen molar-refractivity contribution in [3.05, 3.63) is 107 Å². The van der Waals surface area contributed by atoms with Gasteiger partial charge in [-0.25, -0.2) is 0 Å². The number of rotatable bonds is 8. The number of amidine groups is 1. The highest BCUT2D eigenvalue weighted by atomic mass is 16.2. The Hall–Kier alpha value is -3.97. The Bertz CT molecular complexity index is 1060. The fourth-order valence-electron chi connectivity index (χ4n) is 3.07. The highest BCUT2D eigenvalue weighted by Crippen LogP contribution is 2.15. The summed E-state index contributed by atoms with van der Waals surface area (Å²) in [5.41, 5.74) is 14.5. The van der Waals surface area contributed by atoms with Crippen molar-refractivity contribution in [2.75, 3.05) is 0 Å². The van der Waals surface area contributed by atoms with Crippen LogP contribution in [0.3, 0.4) is 0 Å². The Morgan fingerprint density at radius 3 is 2.16 bits per heavy atom. The minimum atomic E-state index is -0.877. The Labute approximate surface area is 181 Å². The molecular weight excluding hydrogens is 390 g/mol. The summed E-state index contributed by atoms with van der Waals surface area (Å²) in [6.45, 7) is 0.780. The summed E-state index contributed by atoms with van der Waals surface area (Å²) in [5, 5.41) is 13.2. The molecule has 7 nitrogen and oxygen atoms in total. The van der Waals surface area contributed by atoms with Crippen LogP contribution in [-0.2, 0) is 17.9 Å². The molecule has 7 N–H and O–H groups in total. The molecule has 3 aromatic carbocycles. The van der Waals surface area contributed by atoms with Crippen molar-refractivity contribution in [3.8, 4) is 0 Å². The van der Waals surface area contributed by atoms with Crippen LogP contribution in [0.25, 0.3) is 0 Å². The molecule has 31 heavy (non-hydrogen) atoms. The first-order chi connectivity index (χ1) is 15.0. The summed E-state index contributed by atoms with van der Waals surface area (Å²) in [6.07, 6.45) is 0. The molecule has 3 aromatic rings. The number of nitrogens with two attached hydrogens (primary N) is 2. The van der Waals surface area contributed by atoms with Gasteiger partial charge in [-0.15, -0.1) is 0 Å². The SMILES string of the molecule is N=C(N)c1cccc(C(=O)N[C@H](C(=O)NCc2ccc(CN)cc2)c2ccccc2)c1. The third kappa shape index (κ3) is 5.77.